The lowest BCUT2D eigenvalue weighted by molar-refractivity contribution is -0.138. The molecule has 112 valence electrons. The van der Waals surface area contributed by atoms with Gasteiger partial charge in [0.2, 0.25) is 0 Å². The molecule has 0 aromatic heterocycles. The van der Waals surface area contributed by atoms with Gasteiger partial charge in [-0.2, -0.15) is 13.2 Å². The molecule has 0 amide bonds. The van der Waals surface area contributed by atoms with Crippen LogP contribution < -0.4 is 4.74 Å². The van der Waals surface area contributed by atoms with Crippen LogP contribution in [0, 0.1) is 11.6 Å². The zero-order valence-corrected chi connectivity index (χ0v) is 11.1. The maximum absolute atomic E-state index is 13.4. The van der Waals surface area contributed by atoms with Gasteiger partial charge in [0.25, 0.3) is 0 Å². The van der Waals surface area contributed by atoms with Gasteiger partial charge < -0.3 is 4.74 Å². The van der Waals surface area contributed by atoms with Crippen LogP contribution in [-0.4, -0.2) is 0 Å². The first kappa shape index (κ1) is 15.6. The third kappa shape index (κ3) is 3.64. The van der Waals surface area contributed by atoms with Crippen LogP contribution in [0.5, 0.6) is 11.5 Å². The van der Waals surface area contributed by atoms with Crippen LogP contribution in [-0.2, 0) is 12.1 Å². The van der Waals surface area contributed by atoms with E-state index in [1.54, 1.807) is 0 Å². The second-order valence-electron chi connectivity index (χ2n) is 4.13. The van der Waals surface area contributed by atoms with Crippen LogP contribution in [0.1, 0.15) is 11.1 Å². The first-order chi connectivity index (χ1) is 9.81. The number of rotatable bonds is 3. The number of hydrogen-bond donors (Lipinski definition) is 0. The Kier molecular flexibility index (Phi) is 4.37. The maximum Gasteiger partial charge on any atom is 0.416 e. The SMILES string of the molecule is Fc1ccc(F)c(Oc2ccc(CCl)c(C(F)(F)F)c2)c1. The highest BCUT2D eigenvalue weighted by Gasteiger charge is 2.33. The molecule has 2 rings (SSSR count). The second-order valence-corrected chi connectivity index (χ2v) is 4.39. The van der Waals surface area contributed by atoms with Crippen molar-refractivity contribution in [2.24, 2.45) is 0 Å². The molecule has 1 nitrogen and oxygen atoms in total. The van der Waals surface area contributed by atoms with Gasteiger partial charge >= 0.3 is 6.18 Å². The summed E-state index contributed by atoms with van der Waals surface area (Å²) in [5.74, 6) is -2.74. The molecule has 0 fully saturated rings. The van der Waals surface area contributed by atoms with Crippen molar-refractivity contribution < 1.29 is 26.7 Å². The summed E-state index contributed by atoms with van der Waals surface area (Å²) in [6, 6.07) is 5.47. The lowest BCUT2D eigenvalue weighted by Crippen LogP contribution is -2.08. The fraction of sp³-hybridized carbons (Fsp3) is 0.143. The minimum Gasteiger partial charge on any atom is -0.454 e. The van der Waals surface area contributed by atoms with E-state index < -0.39 is 29.1 Å². The maximum atomic E-state index is 13.4. The zero-order chi connectivity index (χ0) is 15.6. The van der Waals surface area contributed by atoms with Crippen molar-refractivity contribution in [2.45, 2.75) is 12.1 Å². The van der Waals surface area contributed by atoms with Gasteiger partial charge in [0.05, 0.1) is 5.56 Å². The molecule has 0 heterocycles. The molecular weight excluding hydrogens is 315 g/mol. The Hall–Kier alpha value is -1.82. The first-order valence-electron chi connectivity index (χ1n) is 5.70. The predicted octanol–water partition coefficient (Wildman–Crippen LogP) is 5.51. The molecule has 0 radical (unpaired) electrons. The Morgan fingerprint density at radius 3 is 2.33 bits per heavy atom. The van der Waals surface area contributed by atoms with E-state index in [9.17, 15) is 22.0 Å². The largest absolute Gasteiger partial charge is 0.454 e. The Balaban J connectivity index is 2.39. The molecule has 0 aliphatic carbocycles. The number of halogens is 6. The standard InChI is InChI=1S/C14H8ClF5O/c15-7-8-1-3-10(6-11(8)14(18,19)20)21-13-5-9(16)2-4-12(13)17/h1-6H,7H2. The normalized spacial score (nSPS) is 11.5. The molecular formula is C14H8ClF5O. The summed E-state index contributed by atoms with van der Waals surface area (Å²) in [6.07, 6.45) is -4.62. The lowest BCUT2D eigenvalue weighted by atomic mass is 10.1. The molecule has 0 aliphatic rings. The van der Waals surface area contributed by atoms with E-state index in [1.807, 2.05) is 0 Å². The fourth-order valence-electron chi connectivity index (χ4n) is 1.68. The molecule has 0 aliphatic heterocycles. The predicted molar refractivity (Wildman–Crippen MR) is 67.4 cm³/mol. The molecule has 0 saturated heterocycles. The van der Waals surface area contributed by atoms with E-state index in [4.69, 9.17) is 16.3 Å². The van der Waals surface area contributed by atoms with Gasteiger partial charge in [0, 0.05) is 11.9 Å². The topological polar surface area (TPSA) is 9.23 Å². The molecule has 0 unspecified atom stereocenters. The molecule has 21 heavy (non-hydrogen) atoms. The van der Waals surface area contributed by atoms with Crippen molar-refractivity contribution in [1.82, 2.24) is 0 Å². The average Bonchev–Trinajstić information content (AvgIpc) is 2.42. The summed E-state index contributed by atoms with van der Waals surface area (Å²) >= 11 is 5.45. The first-order valence-corrected chi connectivity index (χ1v) is 6.23. The minimum atomic E-state index is -4.62. The summed E-state index contributed by atoms with van der Waals surface area (Å²) in [6.45, 7) is 0. The van der Waals surface area contributed by atoms with E-state index in [2.05, 4.69) is 0 Å². The number of hydrogen-bond acceptors (Lipinski definition) is 1. The van der Waals surface area contributed by atoms with Crippen molar-refractivity contribution in [1.29, 1.82) is 0 Å². The molecule has 7 heteroatoms. The summed E-state index contributed by atoms with van der Waals surface area (Å²) in [5, 5.41) is 0. The van der Waals surface area contributed by atoms with Gasteiger partial charge in [-0.25, -0.2) is 8.78 Å². The Morgan fingerprint density at radius 2 is 1.71 bits per heavy atom. The molecule has 0 atom stereocenters. The van der Waals surface area contributed by atoms with E-state index >= 15 is 0 Å². The monoisotopic (exact) mass is 322 g/mol. The van der Waals surface area contributed by atoms with Gasteiger partial charge in [-0.05, 0) is 29.8 Å². The van der Waals surface area contributed by atoms with Crippen LogP contribution in [0.2, 0.25) is 0 Å². The highest BCUT2D eigenvalue weighted by Crippen LogP contribution is 2.36. The van der Waals surface area contributed by atoms with Gasteiger partial charge in [-0.15, -0.1) is 11.6 Å². The quantitative estimate of drug-likeness (QED) is 0.534. The van der Waals surface area contributed by atoms with E-state index in [0.29, 0.717) is 6.07 Å². The van der Waals surface area contributed by atoms with Crippen LogP contribution in [0.15, 0.2) is 36.4 Å². The summed E-state index contributed by atoms with van der Waals surface area (Å²) in [4.78, 5) is 0. The Labute approximate surface area is 121 Å². The number of alkyl halides is 4. The van der Waals surface area contributed by atoms with Crippen molar-refractivity contribution in [3.63, 3.8) is 0 Å². The van der Waals surface area contributed by atoms with E-state index in [-0.39, 0.29) is 17.2 Å². The lowest BCUT2D eigenvalue weighted by Gasteiger charge is -2.14. The third-order valence-electron chi connectivity index (χ3n) is 2.65. The third-order valence-corrected chi connectivity index (χ3v) is 2.94. The molecule has 0 spiro atoms. The molecule has 2 aromatic rings. The summed E-state index contributed by atoms with van der Waals surface area (Å²) in [5.41, 5.74) is -1.11. The molecule has 2 aromatic carbocycles. The van der Waals surface area contributed by atoms with Crippen molar-refractivity contribution in [2.75, 3.05) is 0 Å². The molecule has 0 bridgehead atoms. The summed E-state index contributed by atoms with van der Waals surface area (Å²) in [7, 11) is 0. The van der Waals surface area contributed by atoms with Crippen LogP contribution in [0.25, 0.3) is 0 Å². The minimum absolute atomic E-state index is 0.128. The molecule has 0 N–H and O–H groups in total. The molecule has 0 saturated carbocycles. The van der Waals surface area contributed by atoms with Crippen LogP contribution >= 0.6 is 11.6 Å². The highest BCUT2D eigenvalue weighted by atomic mass is 35.5. The fourth-order valence-corrected chi connectivity index (χ4v) is 1.91. The van der Waals surface area contributed by atoms with Gasteiger partial charge in [-0.1, -0.05) is 6.07 Å². The number of benzene rings is 2. The summed E-state index contributed by atoms with van der Waals surface area (Å²) < 4.78 is 69.9. The van der Waals surface area contributed by atoms with E-state index in [0.717, 1.165) is 24.3 Å². The Bertz CT molecular complexity index is 654. The van der Waals surface area contributed by atoms with Gasteiger partial charge in [-0.3, -0.25) is 0 Å². The van der Waals surface area contributed by atoms with E-state index in [1.165, 1.54) is 6.07 Å². The van der Waals surface area contributed by atoms with Crippen LogP contribution in [0.3, 0.4) is 0 Å². The zero-order valence-electron chi connectivity index (χ0n) is 10.3. The van der Waals surface area contributed by atoms with Gasteiger partial charge in [0.15, 0.2) is 11.6 Å². The average molecular weight is 323 g/mol. The Morgan fingerprint density at radius 1 is 1.00 bits per heavy atom. The van der Waals surface area contributed by atoms with Crippen LogP contribution in [0.4, 0.5) is 22.0 Å². The van der Waals surface area contributed by atoms with Crippen molar-refractivity contribution >= 4 is 11.6 Å². The highest BCUT2D eigenvalue weighted by molar-refractivity contribution is 6.17. The van der Waals surface area contributed by atoms with Crippen molar-refractivity contribution in [3.05, 3.63) is 59.2 Å². The second kappa shape index (κ2) is 5.89. The smallest absolute Gasteiger partial charge is 0.416 e. The number of ether oxygens (including phenoxy) is 1. The van der Waals surface area contributed by atoms with Crippen molar-refractivity contribution in [3.8, 4) is 11.5 Å². The van der Waals surface area contributed by atoms with Gasteiger partial charge in [0.1, 0.15) is 11.6 Å².